The summed E-state index contributed by atoms with van der Waals surface area (Å²) in [5, 5.41) is 0. The van der Waals surface area contributed by atoms with E-state index in [1.165, 1.54) is 20.0 Å². The quantitative estimate of drug-likeness (QED) is 0.793. The lowest BCUT2D eigenvalue weighted by molar-refractivity contribution is 0.0549. The van der Waals surface area contributed by atoms with E-state index in [4.69, 9.17) is 4.42 Å². The van der Waals surface area contributed by atoms with Gasteiger partial charge in [0, 0.05) is 0 Å². The molecule has 0 bridgehead atoms. The third-order valence-electron chi connectivity index (χ3n) is 4.73. The van der Waals surface area contributed by atoms with E-state index in [1.807, 2.05) is 6.07 Å². The predicted molar refractivity (Wildman–Crippen MR) is 82.2 cm³/mol. The molecule has 0 N–H and O–H groups in total. The third-order valence-corrected chi connectivity index (χ3v) is 4.73. The summed E-state index contributed by atoms with van der Waals surface area (Å²) in [4.78, 5) is 13.9. The fraction of sp³-hybridized carbons (Fsp3) is 0.706. The molecule has 4 nitrogen and oxygen atoms in total. The molecule has 1 aliphatic heterocycles. The Morgan fingerprint density at radius 2 is 1.95 bits per heavy atom. The van der Waals surface area contributed by atoms with Crippen molar-refractivity contribution in [3.8, 4) is 0 Å². The Morgan fingerprint density at radius 1 is 1.33 bits per heavy atom. The zero-order valence-electron chi connectivity index (χ0n) is 13.8. The number of hydrogen-bond acceptors (Lipinski definition) is 4. The maximum Gasteiger partial charge on any atom is 0.373 e. The maximum absolute atomic E-state index is 11.4. The summed E-state index contributed by atoms with van der Waals surface area (Å²) in [7, 11) is 1.37. The van der Waals surface area contributed by atoms with Crippen LogP contribution in [0.5, 0.6) is 0 Å². The van der Waals surface area contributed by atoms with Gasteiger partial charge in [0.15, 0.2) is 0 Å². The molecule has 1 aliphatic rings. The van der Waals surface area contributed by atoms with Gasteiger partial charge in [-0.2, -0.15) is 0 Å². The Balaban J connectivity index is 1.97. The van der Waals surface area contributed by atoms with Gasteiger partial charge in [-0.3, -0.25) is 4.90 Å². The molecular weight excluding hydrogens is 266 g/mol. The van der Waals surface area contributed by atoms with Crippen molar-refractivity contribution in [1.29, 1.82) is 0 Å². The van der Waals surface area contributed by atoms with Crippen molar-refractivity contribution in [2.75, 3.05) is 20.2 Å². The van der Waals surface area contributed by atoms with Crippen molar-refractivity contribution >= 4 is 5.97 Å². The summed E-state index contributed by atoms with van der Waals surface area (Å²) in [6, 6.07) is 3.77. The van der Waals surface area contributed by atoms with Gasteiger partial charge in [0.2, 0.25) is 5.76 Å². The van der Waals surface area contributed by atoms with Crippen LogP contribution in [-0.4, -0.2) is 31.1 Å². The van der Waals surface area contributed by atoms with Crippen LogP contribution in [0.15, 0.2) is 16.5 Å². The number of rotatable bonds is 3. The number of piperidine rings is 1. The second-order valence-corrected chi connectivity index (χ2v) is 7.05. The first-order valence-electron chi connectivity index (χ1n) is 7.75. The summed E-state index contributed by atoms with van der Waals surface area (Å²) < 4.78 is 10.3. The highest BCUT2D eigenvalue weighted by Crippen LogP contribution is 2.36. The molecule has 0 aliphatic carbocycles. The molecule has 0 spiro atoms. The number of hydrogen-bond donors (Lipinski definition) is 0. The van der Waals surface area contributed by atoms with Crippen molar-refractivity contribution in [3.05, 3.63) is 23.7 Å². The summed E-state index contributed by atoms with van der Waals surface area (Å²) in [5.74, 6) is 1.48. The van der Waals surface area contributed by atoms with Crippen LogP contribution in [-0.2, 0) is 4.74 Å². The molecule has 1 unspecified atom stereocenters. The average molecular weight is 293 g/mol. The van der Waals surface area contributed by atoms with Crippen LogP contribution < -0.4 is 0 Å². The fourth-order valence-electron chi connectivity index (χ4n) is 3.12. The number of nitrogens with zero attached hydrogens (tertiary/aromatic N) is 1. The molecule has 1 aromatic heterocycles. The molecule has 1 saturated heterocycles. The molecule has 2 rings (SSSR count). The highest BCUT2D eigenvalue weighted by atomic mass is 16.5. The maximum atomic E-state index is 11.4. The largest absolute Gasteiger partial charge is 0.463 e. The Morgan fingerprint density at radius 3 is 2.48 bits per heavy atom. The number of methoxy groups -OCH3 is 1. The number of ether oxygens (including phenoxy) is 1. The number of carbonyl (C=O) groups excluding carboxylic acids is 1. The third kappa shape index (κ3) is 3.67. The Hall–Kier alpha value is -1.29. The van der Waals surface area contributed by atoms with Crippen LogP contribution >= 0.6 is 0 Å². The Bertz CT molecular complexity index is 478. The average Bonchev–Trinajstić information content (AvgIpc) is 2.94. The molecule has 0 saturated carbocycles. The standard InChI is InChI=1S/C17H27NO3/c1-12(14-6-7-15(21-14)16(19)20-5)18-10-8-13(9-11-18)17(2,3)4/h6-7,12-13H,8-11H2,1-5H3. The molecule has 1 aromatic rings. The van der Waals surface area contributed by atoms with E-state index in [-0.39, 0.29) is 11.8 Å². The fourth-order valence-corrected chi connectivity index (χ4v) is 3.12. The minimum atomic E-state index is -0.417. The summed E-state index contributed by atoms with van der Waals surface area (Å²) >= 11 is 0. The molecule has 2 heterocycles. The summed E-state index contributed by atoms with van der Waals surface area (Å²) in [6.07, 6.45) is 2.44. The zero-order chi connectivity index (χ0) is 15.6. The van der Waals surface area contributed by atoms with Crippen LogP contribution in [0.2, 0.25) is 0 Å². The number of carbonyl (C=O) groups is 1. The molecule has 21 heavy (non-hydrogen) atoms. The lowest BCUT2D eigenvalue weighted by Crippen LogP contribution is -2.39. The molecule has 0 amide bonds. The normalized spacial score (nSPS) is 19.5. The topological polar surface area (TPSA) is 42.7 Å². The summed E-state index contributed by atoms with van der Waals surface area (Å²) in [5.41, 5.74) is 0.387. The van der Waals surface area contributed by atoms with Crippen LogP contribution in [0.4, 0.5) is 0 Å². The second-order valence-electron chi connectivity index (χ2n) is 7.05. The van der Waals surface area contributed by atoms with Gasteiger partial charge in [0.1, 0.15) is 5.76 Å². The van der Waals surface area contributed by atoms with Crippen LogP contribution in [0.3, 0.4) is 0 Å². The van der Waals surface area contributed by atoms with E-state index in [1.54, 1.807) is 6.07 Å². The van der Waals surface area contributed by atoms with E-state index in [9.17, 15) is 4.79 Å². The predicted octanol–water partition coefficient (Wildman–Crippen LogP) is 3.89. The number of esters is 1. The highest BCUT2D eigenvalue weighted by molar-refractivity contribution is 5.86. The molecule has 4 heteroatoms. The van der Waals surface area contributed by atoms with Gasteiger partial charge >= 0.3 is 5.97 Å². The SMILES string of the molecule is COC(=O)c1ccc(C(C)N2CCC(C(C)(C)C)CC2)o1. The van der Waals surface area contributed by atoms with E-state index >= 15 is 0 Å². The van der Waals surface area contributed by atoms with Crippen molar-refractivity contribution in [1.82, 2.24) is 4.90 Å². The van der Waals surface area contributed by atoms with Gasteiger partial charge in [0.05, 0.1) is 13.2 Å². The van der Waals surface area contributed by atoms with Gasteiger partial charge < -0.3 is 9.15 Å². The lowest BCUT2D eigenvalue weighted by atomic mass is 9.75. The first-order chi connectivity index (χ1) is 9.82. The molecule has 0 radical (unpaired) electrons. The molecule has 0 aromatic carbocycles. The van der Waals surface area contributed by atoms with Crippen molar-refractivity contribution in [2.24, 2.45) is 11.3 Å². The van der Waals surface area contributed by atoms with Crippen LogP contribution in [0, 0.1) is 11.3 Å². The van der Waals surface area contributed by atoms with E-state index in [0.717, 1.165) is 24.8 Å². The van der Waals surface area contributed by atoms with E-state index in [2.05, 4.69) is 37.3 Å². The lowest BCUT2D eigenvalue weighted by Gasteiger charge is -2.40. The van der Waals surface area contributed by atoms with Gasteiger partial charge in [0.25, 0.3) is 0 Å². The van der Waals surface area contributed by atoms with E-state index < -0.39 is 5.97 Å². The monoisotopic (exact) mass is 293 g/mol. The summed E-state index contributed by atoms with van der Waals surface area (Å²) in [6.45, 7) is 11.3. The Kier molecular flexibility index (Phi) is 4.77. The zero-order valence-corrected chi connectivity index (χ0v) is 13.8. The van der Waals surface area contributed by atoms with Crippen molar-refractivity contribution in [3.63, 3.8) is 0 Å². The minimum Gasteiger partial charge on any atom is -0.463 e. The van der Waals surface area contributed by atoms with Crippen LogP contribution in [0.1, 0.15) is 62.9 Å². The van der Waals surface area contributed by atoms with Gasteiger partial charge in [-0.25, -0.2) is 4.79 Å². The second kappa shape index (κ2) is 6.22. The molecular formula is C17H27NO3. The van der Waals surface area contributed by atoms with Gasteiger partial charge in [-0.15, -0.1) is 0 Å². The molecule has 118 valence electrons. The minimum absolute atomic E-state index is 0.198. The van der Waals surface area contributed by atoms with Crippen molar-refractivity contribution in [2.45, 2.75) is 46.6 Å². The first kappa shape index (κ1) is 16.1. The number of furan rings is 1. The smallest absolute Gasteiger partial charge is 0.373 e. The van der Waals surface area contributed by atoms with Gasteiger partial charge in [-0.1, -0.05) is 20.8 Å². The van der Waals surface area contributed by atoms with Gasteiger partial charge in [-0.05, 0) is 56.3 Å². The Labute approximate surface area is 127 Å². The first-order valence-corrected chi connectivity index (χ1v) is 7.75. The van der Waals surface area contributed by atoms with Crippen LogP contribution in [0.25, 0.3) is 0 Å². The highest BCUT2D eigenvalue weighted by Gasteiger charge is 2.31. The molecule has 1 fully saturated rings. The van der Waals surface area contributed by atoms with E-state index in [0.29, 0.717) is 5.41 Å². The molecule has 1 atom stereocenters. The number of likely N-dealkylation sites (tertiary alicyclic amines) is 1. The van der Waals surface area contributed by atoms with Crippen molar-refractivity contribution < 1.29 is 13.9 Å².